The fourth-order valence-electron chi connectivity index (χ4n) is 2.99. The van der Waals surface area contributed by atoms with Crippen molar-refractivity contribution >= 4 is 15.6 Å². The summed E-state index contributed by atoms with van der Waals surface area (Å²) in [5, 5.41) is 0. The molecule has 0 heterocycles. The molecule has 0 spiro atoms. The van der Waals surface area contributed by atoms with Gasteiger partial charge in [-0.3, -0.25) is 0 Å². The van der Waals surface area contributed by atoms with Crippen molar-refractivity contribution in [2.24, 2.45) is 0 Å². The lowest BCUT2D eigenvalue weighted by atomic mass is 9.86. The monoisotopic (exact) mass is 290 g/mol. The van der Waals surface area contributed by atoms with Gasteiger partial charge in [0, 0.05) is 9.52 Å². The number of hydrogen-bond donors (Lipinski definition) is 0. The maximum atomic E-state index is 2.36. The molecule has 0 bridgehead atoms. The van der Waals surface area contributed by atoms with Crippen LogP contribution >= 0.6 is 0 Å². The van der Waals surface area contributed by atoms with Crippen LogP contribution in [0.25, 0.3) is 17.2 Å². The van der Waals surface area contributed by atoms with Crippen LogP contribution < -0.4 is 0 Å². The van der Waals surface area contributed by atoms with Crippen LogP contribution in [0.1, 0.15) is 43.0 Å². The summed E-state index contributed by atoms with van der Waals surface area (Å²) in [5.74, 6) is 0. The molecule has 0 aliphatic heterocycles. The fourth-order valence-corrected chi connectivity index (χ4v) is 3.84. The number of fused-ring (bicyclic) bond motifs is 1. The highest BCUT2D eigenvalue weighted by Gasteiger charge is 2.19. The Morgan fingerprint density at radius 3 is 2.29 bits per heavy atom. The van der Waals surface area contributed by atoms with E-state index < -0.39 is 0 Å². The number of rotatable bonds is 2. The van der Waals surface area contributed by atoms with Gasteiger partial charge in [0.2, 0.25) is 0 Å². The van der Waals surface area contributed by atoms with Gasteiger partial charge in [0.1, 0.15) is 0 Å². The predicted octanol–water partition coefficient (Wildman–Crippen LogP) is 5.47. The van der Waals surface area contributed by atoms with Gasteiger partial charge >= 0.3 is 0 Å². The lowest BCUT2D eigenvalue weighted by Crippen LogP contribution is -2.10. The first-order valence-electron chi connectivity index (χ1n) is 7.60. The maximum Gasteiger partial charge on any atom is 0.0492 e. The van der Waals surface area contributed by atoms with Crippen molar-refractivity contribution in [2.45, 2.75) is 38.3 Å². The average Bonchev–Trinajstić information content (AvgIpc) is 2.89. The quantitative estimate of drug-likeness (QED) is 0.643. The summed E-state index contributed by atoms with van der Waals surface area (Å²) < 4.78 is 0. The molecule has 0 saturated carbocycles. The third-order valence-electron chi connectivity index (χ3n) is 4.30. The molecular weight excluding hydrogens is 268 g/mol. The molecule has 1 aliphatic rings. The van der Waals surface area contributed by atoms with Gasteiger partial charge in [-0.05, 0) is 38.8 Å². The molecule has 1 aliphatic carbocycles. The largest absolute Gasteiger partial charge is 0.0796 e. The molecule has 3 rings (SSSR count). The molecule has 2 aromatic rings. The van der Waals surface area contributed by atoms with E-state index in [0.29, 0.717) is 5.54 Å². The van der Waals surface area contributed by atoms with Crippen molar-refractivity contribution in [1.29, 1.82) is 0 Å². The summed E-state index contributed by atoms with van der Waals surface area (Å²) in [6.07, 6.45) is 4.67. The average molecular weight is 290 g/mol. The predicted molar refractivity (Wildman–Crippen MR) is 94.0 cm³/mol. The van der Waals surface area contributed by atoms with Gasteiger partial charge in [0.25, 0.3) is 0 Å². The normalized spacial score (nSPS) is 17.0. The molecule has 2 aromatic carbocycles. The zero-order valence-corrected chi connectivity index (χ0v) is 14.3. The molecular formula is C20H22Si. The van der Waals surface area contributed by atoms with E-state index in [-0.39, 0.29) is 5.41 Å². The molecule has 0 amide bonds. The van der Waals surface area contributed by atoms with E-state index in [1.807, 2.05) is 0 Å². The van der Waals surface area contributed by atoms with Gasteiger partial charge in [-0.1, -0.05) is 81.9 Å². The molecule has 0 aromatic heterocycles. The van der Waals surface area contributed by atoms with E-state index in [0.717, 1.165) is 9.52 Å². The minimum absolute atomic E-state index is 0.214. The fraction of sp³-hybridized carbons (Fsp3) is 0.300. The topological polar surface area (TPSA) is 0 Å². The maximum absolute atomic E-state index is 2.36. The van der Waals surface area contributed by atoms with Crippen LogP contribution in [0.4, 0.5) is 0 Å². The van der Waals surface area contributed by atoms with E-state index >= 15 is 0 Å². The van der Waals surface area contributed by atoms with Crippen molar-refractivity contribution < 1.29 is 0 Å². The van der Waals surface area contributed by atoms with Crippen LogP contribution in [-0.2, 0) is 5.41 Å². The standard InChI is InChI=1S/C20H22Si/c1-20(2,3)15-10-8-14(9-11-15)16-6-5-7-18-17(16)12-13-19(18)21-4/h5-13,19H,1-4H3. The van der Waals surface area contributed by atoms with Gasteiger partial charge < -0.3 is 0 Å². The van der Waals surface area contributed by atoms with E-state index in [4.69, 9.17) is 0 Å². The van der Waals surface area contributed by atoms with E-state index in [2.05, 4.69) is 81.9 Å². The molecule has 2 radical (unpaired) electrons. The minimum Gasteiger partial charge on any atom is -0.0796 e. The molecule has 0 nitrogen and oxygen atoms in total. The van der Waals surface area contributed by atoms with Gasteiger partial charge in [0.15, 0.2) is 0 Å². The Kier molecular flexibility index (Phi) is 3.62. The second kappa shape index (κ2) is 5.30. The summed E-state index contributed by atoms with van der Waals surface area (Å²) in [6.45, 7) is 9.07. The Morgan fingerprint density at radius 1 is 0.952 bits per heavy atom. The van der Waals surface area contributed by atoms with Crippen molar-refractivity contribution in [3.8, 4) is 11.1 Å². The van der Waals surface area contributed by atoms with Gasteiger partial charge in [-0.15, -0.1) is 0 Å². The van der Waals surface area contributed by atoms with Crippen LogP contribution in [0, 0.1) is 0 Å². The van der Waals surface area contributed by atoms with E-state index in [1.54, 1.807) is 0 Å². The van der Waals surface area contributed by atoms with Crippen LogP contribution in [0.5, 0.6) is 0 Å². The number of benzene rings is 2. The second-order valence-electron chi connectivity index (χ2n) is 6.76. The van der Waals surface area contributed by atoms with Crippen molar-refractivity contribution in [3.05, 3.63) is 65.2 Å². The second-order valence-corrected chi connectivity index (χ2v) is 7.96. The molecule has 0 fully saturated rings. The zero-order valence-electron chi connectivity index (χ0n) is 13.3. The van der Waals surface area contributed by atoms with Crippen LogP contribution in [-0.4, -0.2) is 9.52 Å². The molecule has 1 heteroatoms. The van der Waals surface area contributed by atoms with Gasteiger partial charge in [-0.2, -0.15) is 0 Å². The van der Waals surface area contributed by atoms with Crippen molar-refractivity contribution in [1.82, 2.24) is 0 Å². The van der Waals surface area contributed by atoms with E-state index in [1.165, 1.54) is 27.8 Å². The first-order valence-corrected chi connectivity index (χ1v) is 9.18. The number of hydrogen-bond acceptors (Lipinski definition) is 0. The smallest absolute Gasteiger partial charge is 0.0492 e. The molecule has 0 N–H and O–H groups in total. The van der Waals surface area contributed by atoms with Crippen LogP contribution in [0.3, 0.4) is 0 Å². The lowest BCUT2D eigenvalue weighted by Gasteiger charge is -2.19. The Hall–Kier alpha value is -1.60. The SMILES string of the molecule is C[Si]C1C=Cc2c(-c3ccc(C(C)(C)C)cc3)cccc21. The number of allylic oxidation sites excluding steroid dienone is 1. The zero-order chi connectivity index (χ0) is 15.0. The van der Waals surface area contributed by atoms with Crippen molar-refractivity contribution in [3.63, 3.8) is 0 Å². The van der Waals surface area contributed by atoms with Gasteiger partial charge in [-0.25, -0.2) is 0 Å². The highest BCUT2D eigenvalue weighted by atomic mass is 28.2. The Morgan fingerprint density at radius 2 is 1.67 bits per heavy atom. The van der Waals surface area contributed by atoms with Crippen LogP contribution in [0.15, 0.2) is 48.5 Å². The molecule has 106 valence electrons. The third-order valence-corrected chi connectivity index (χ3v) is 5.43. The van der Waals surface area contributed by atoms with Crippen molar-refractivity contribution in [2.75, 3.05) is 0 Å². The lowest BCUT2D eigenvalue weighted by molar-refractivity contribution is 0.590. The molecule has 0 saturated heterocycles. The van der Waals surface area contributed by atoms with Crippen LogP contribution in [0.2, 0.25) is 6.55 Å². The Balaban J connectivity index is 2.03. The summed E-state index contributed by atoms with van der Waals surface area (Å²) in [7, 11) is 0.936. The Labute approximate surface area is 130 Å². The summed E-state index contributed by atoms with van der Waals surface area (Å²) >= 11 is 0. The summed E-state index contributed by atoms with van der Waals surface area (Å²) in [4.78, 5) is 0. The third kappa shape index (κ3) is 2.63. The van der Waals surface area contributed by atoms with Gasteiger partial charge in [0.05, 0.1) is 0 Å². The molecule has 1 unspecified atom stereocenters. The first kappa shape index (κ1) is 14.3. The Bertz CT molecular complexity index is 672. The summed E-state index contributed by atoms with van der Waals surface area (Å²) in [5.41, 5.74) is 7.82. The molecule has 1 atom stereocenters. The highest BCUT2D eigenvalue weighted by molar-refractivity contribution is 6.37. The first-order chi connectivity index (χ1) is 10.0. The highest BCUT2D eigenvalue weighted by Crippen LogP contribution is 2.37. The minimum atomic E-state index is 0.214. The summed E-state index contributed by atoms with van der Waals surface area (Å²) in [6, 6.07) is 15.8. The van der Waals surface area contributed by atoms with E-state index in [9.17, 15) is 0 Å². The molecule has 21 heavy (non-hydrogen) atoms.